The predicted molar refractivity (Wildman–Crippen MR) is 94.7 cm³/mol. The van der Waals surface area contributed by atoms with Gasteiger partial charge in [0.25, 0.3) is 17.3 Å². The summed E-state index contributed by atoms with van der Waals surface area (Å²) in [4.78, 5) is 35.1. The Morgan fingerprint density at radius 3 is 1.96 bits per heavy atom. The number of carbonyl (C=O) groups excluding carboxylic acids is 1. The van der Waals surface area contributed by atoms with Crippen molar-refractivity contribution in [2.24, 2.45) is 0 Å². The molecule has 0 aromatic heterocycles. The molecule has 0 saturated heterocycles. The van der Waals surface area contributed by atoms with Gasteiger partial charge in [-0.15, -0.1) is 0 Å². The number of hydrogen-bond donors (Lipinski definition) is 0. The van der Waals surface area contributed by atoms with E-state index in [4.69, 9.17) is 0 Å². The minimum Gasteiger partial charge on any atom is -0.338 e. The third kappa shape index (κ3) is 6.13. The van der Waals surface area contributed by atoms with Crippen LogP contribution in [0.25, 0.3) is 0 Å². The minimum absolute atomic E-state index is 0.0939. The van der Waals surface area contributed by atoms with Crippen LogP contribution < -0.4 is 0 Å². The Morgan fingerprint density at radius 1 is 0.960 bits per heavy atom. The van der Waals surface area contributed by atoms with Gasteiger partial charge < -0.3 is 4.90 Å². The van der Waals surface area contributed by atoms with E-state index in [-0.39, 0.29) is 5.56 Å². The number of unbranched alkanes of at least 4 members (excludes halogenated alkanes) is 4. The summed E-state index contributed by atoms with van der Waals surface area (Å²) in [5, 5.41) is 22.1. The third-order valence-electron chi connectivity index (χ3n) is 3.97. The van der Waals surface area contributed by atoms with Gasteiger partial charge >= 0.3 is 0 Å². The Bertz CT molecular complexity index is 608. The lowest BCUT2D eigenvalue weighted by Crippen LogP contribution is -2.33. The van der Waals surface area contributed by atoms with Gasteiger partial charge in [-0.3, -0.25) is 25.0 Å². The van der Waals surface area contributed by atoms with E-state index >= 15 is 0 Å². The molecule has 138 valence electrons. The molecule has 0 N–H and O–H groups in total. The number of benzene rings is 1. The molecular weight excluding hydrogens is 326 g/mol. The first-order valence-electron chi connectivity index (χ1n) is 8.64. The quantitative estimate of drug-likeness (QED) is 0.335. The third-order valence-corrected chi connectivity index (χ3v) is 3.97. The van der Waals surface area contributed by atoms with Crippen LogP contribution in [0.5, 0.6) is 0 Å². The van der Waals surface area contributed by atoms with E-state index in [2.05, 4.69) is 13.8 Å². The molecule has 0 bridgehead atoms. The van der Waals surface area contributed by atoms with Gasteiger partial charge in [0.2, 0.25) is 0 Å². The number of nitrogens with zero attached hydrogens (tertiary/aromatic N) is 3. The lowest BCUT2D eigenvalue weighted by Gasteiger charge is -2.22. The van der Waals surface area contributed by atoms with E-state index in [0.717, 1.165) is 50.7 Å². The molecule has 25 heavy (non-hydrogen) atoms. The van der Waals surface area contributed by atoms with Crippen molar-refractivity contribution in [1.29, 1.82) is 0 Å². The van der Waals surface area contributed by atoms with Crippen molar-refractivity contribution in [1.82, 2.24) is 4.90 Å². The van der Waals surface area contributed by atoms with Crippen LogP contribution in [0.4, 0.5) is 11.4 Å². The van der Waals surface area contributed by atoms with Crippen molar-refractivity contribution < 1.29 is 14.6 Å². The number of amides is 1. The molecule has 0 heterocycles. The van der Waals surface area contributed by atoms with E-state index in [0.29, 0.717) is 13.1 Å². The maximum atomic E-state index is 12.8. The van der Waals surface area contributed by atoms with E-state index in [9.17, 15) is 25.0 Å². The van der Waals surface area contributed by atoms with Crippen molar-refractivity contribution in [2.45, 2.75) is 52.4 Å². The first kappa shape index (κ1) is 20.5. The lowest BCUT2D eigenvalue weighted by molar-refractivity contribution is -0.394. The molecule has 0 aliphatic rings. The molecule has 8 nitrogen and oxygen atoms in total. The van der Waals surface area contributed by atoms with Gasteiger partial charge in [0.1, 0.15) is 5.56 Å². The second-order valence-corrected chi connectivity index (χ2v) is 5.92. The molecule has 0 atom stereocenters. The van der Waals surface area contributed by atoms with Crippen LogP contribution in [0.1, 0.15) is 62.7 Å². The van der Waals surface area contributed by atoms with Crippen LogP contribution in [0.15, 0.2) is 18.2 Å². The molecule has 1 rings (SSSR count). The van der Waals surface area contributed by atoms with Crippen LogP contribution in [0, 0.1) is 20.2 Å². The average molecular weight is 351 g/mol. The summed E-state index contributed by atoms with van der Waals surface area (Å²) in [5.41, 5.74) is -1.01. The molecule has 0 radical (unpaired) electrons. The number of hydrogen-bond acceptors (Lipinski definition) is 5. The fraction of sp³-hybridized carbons (Fsp3) is 0.588. The molecule has 1 aromatic carbocycles. The molecule has 0 fully saturated rings. The maximum absolute atomic E-state index is 12.8. The van der Waals surface area contributed by atoms with E-state index in [1.54, 1.807) is 4.90 Å². The molecule has 8 heteroatoms. The number of nitro groups is 2. The normalized spacial score (nSPS) is 10.5. The SMILES string of the molecule is CCCCCN(CCCCC)C(=O)c1ccc([N+](=O)[O-])cc1[N+](=O)[O-]. The van der Waals surface area contributed by atoms with Crippen molar-refractivity contribution in [3.63, 3.8) is 0 Å². The van der Waals surface area contributed by atoms with Crippen molar-refractivity contribution in [3.8, 4) is 0 Å². The summed E-state index contributed by atoms with van der Waals surface area (Å²) in [5.74, 6) is -0.436. The summed E-state index contributed by atoms with van der Waals surface area (Å²) < 4.78 is 0. The first-order chi connectivity index (χ1) is 11.9. The van der Waals surface area contributed by atoms with Crippen LogP contribution in [-0.2, 0) is 0 Å². The highest BCUT2D eigenvalue weighted by Gasteiger charge is 2.27. The number of carbonyl (C=O) groups is 1. The highest BCUT2D eigenvalue weighted by Crippen LogP contribution is 2.26. The summed E-state index contributed by atoms with van der Waals surface area (Å²) in [7, 11) is 0. The zero-order valence-corrected chi connectivity index (χ0v) is 14.8. The van der Waals surface area contributed by atoms with Gasteiger partial charge in [-0.05, 0) is 18.9 Å². The van der Waals surface area contributed by atoms with Gasteiger partial charge in [0, 0.05) is 19.2 Å². The molecule has 0 spiro atoms. The van der Waals surface area contributed by atoms with Gasteiger partial charge in [0.15, 0.2) is 0 Å². The Labute approximate surface area is 147 Å². The summed E-state index contributed by atoms with van der Waals surface area (Å²) in [6, 6.07) is 3.17. The Kier molecular flexibility index (Phi) is 8.52. The van der Waals surface area contributed by atoms with E-state index in [1.165, 1.54) is 6.07 Å². The molecule has 0 aliphatic carbocycles. The Balaban J connectivity index is 3.08. The minimum atomic E-state index is -0.740. The van der Waals surface area contributed by atoms with Crippen LogP contribution in [-0.4, -0.2) is 33.7 Å². The topological polar surface area (TPSA) is 107 Å². The van der Waals surface area contributed by atoms with Crippen LogP contribution >= 0.6 is 0 Å². The Hall–Kier alpha value is -2.51. The molecule has 0 aliphatic heterocycles. The average Bonchev–Trinajstić information content (AvgIpc) is 2.59. The zero-order chi connectivity index (χ0) is 18.8. The summed E-state index contributed by atoms with van der Waals surface area (Å²) >= 11 is 0. The fourth-order valence-corrected chi connectivity index (χ4v) is 2.56. The Morgan fingerprint density at radius 2 is 1.52 bits per heavy atom. The highest BCUT2D eigenvalue weighted by atomic mass is 16.6. The van der Waals surface area contributed by atoms with Crippen LogP contribution in [0.2, 0.25) is 0 Å². The molecule has 1 amide bonds. The summed E-state index contributed by atoms with van der Waals surface area (Å²) in [6.07, 6.45) is 5.62. The van der Waals surface area contributed by atoms with Crippen LogP contribution in [0.3, 0.4) is 0 Å². The molecule has 0 unspecified atom stereocenters. The van der Waals surface area contributed by atoms with Gasteiger partial charge in [0.05, 0.1) is 15.9 Å². The van der Waals surface area contributed by atoms with Crippen molar-refractivity contribution in [2.75, 3.05) is 13.1 Å². The van der Waals surface area contributed by atoms with E-state index < -0.39 is 27.1 Å². The predicted octanol–water partition coefficient (Wildman–Crippen LogP) is 4.33. The van der Waals surface area contributed by atoms with E-state index in [1.807, 2.05) is 0 Å². The fourth-order valence-electron chi connectivity index (χ4n) is 2.56. The standard InChI is InChI=1S/C17H25N3O5/c1-3-5-7-11-18(12-8-6-4-2)17(21)15-10-9-14(19(22)23)13-16(15)20(24)25/h9-10,13H,3-8,11-12H2,1-2H3. The molecule has 0 saturated carbocycles. The number of nitro benzene ring substituents is 2. The second-order valence-electron chi connectivity index (χ2n) is 5.92. The van der Waals surface area contributed by atoms with Gasteiger partial charge in [-0.25, -0.2) is 0 Å². The smallest absolute Gasteiger partial charge is 0.289 e. The summed E-state index contributed by atoms with van der Waals surface area (Å²) in [6.45, 7) is 5.18. The molecule has 1 aromatic rings. The monoisotopic (exact) mass is 351 g/mol. The lowest BCUT2D eigenvalue weighted by atomic mass is 10.1. The van der Waals surface area contributed by atoms with Gasteiger partial charge in [-0.1, -0.05) is 39.5 Å². The number of rotatable bonds is 11. The first-order valence-corrected chi connectivity index (χ1v) is 8.64. The maximum Gasteiger partial charge on any atom is 0.289 e. The number of non-ortho nitro benzene ring substituents is 1. The van der Waals surface area contributed by atoms with Crippen molar-refractivity contribution >= 4 is 17.3 Å². The highest BCUT2D eigenvalue weighted by molar-refractivity contribution is 5.98. The zero-order valence-electron chi connectivity index (χ0n) is 14.8. The largest absolute Gasteiger partial charge is 0.338 e. The second kappa shape index (κ2) is 10.4. The van der Waals surface area contributed by atoms with Crippen molar-refractivity contribution in [3.05, 3.63) is 44.0 Å². The molecular formula is C17H25N3O5. The van der Waals surface area contributed by atoms with Gasteiger partial charge in [-0.2, -0.15) is 0 Å².